The summed E-state index contributed by atoms with van der Waals surface area (Å²) in [5, 5.41) is 8.77. The van der Waals surface area contributed by atoms with Gasteiger partial charge in [-0.05, 0) is 19.1 Å². The number of hydrogen-bond donors (Lipinski definition) is 1. The van der Waals surface area contributed by atoms with E-state index in [1.807, 2.05) is 6.92 Å². The van der Waals surface area contributed by atoms with Crippen LogP contribution in [0.5, 0.6) is 0 Å². The van der Waals surface area contributed by atoms with Gasteiger partial charge in [0.05, 0.1) is 18.4 Å². The number of carboxylic acids is 1. The van der Waals surface area contributed by atoms with Crippen molar-refractivity contribution >= 4 is 23.6 Å². The Morgan fingerprint density at radius 2 is 2.28 bits per heavy atom. The number of morpholine rings is 1. The molecule has 5 nitrogen and oxygen atoms in total. The van der Waals surface area contributed by atoms with Crippen LogP contribution in [-0.4, -0.2) is 58.7 Å². The second kappa shape index (κ2) is 7.63. The van der Waals surface area contributed by atoms with Crippen LogP contribution in [0.4, 0.5) is 0 Å². The van der Waals surface area contributed by atoms with E-state index in [2.05, 4.69) is 6.92 Å². The number of nitrogens with zero attached hydrogens (tertiary/aromatic N) is 1. The number of unbranched alkanes of at least 4 members (excludes halogenated alkanes) is 1. The molecule has 0 saturated carbocycles. The van der Waals surface area contributed by atoms with E-state index in [0.717, 1.165) is 18.6 Å². The summed E-state index contributed by atoms with van der Waals surface area (Å²) in [6.07, 6.45) is 1.34. The molecule has 1 aliphatic heterocycles. The number of hydrogen-bond acceptors (Lipinski definition) is 4. The van der Waals surface area contributed by atoms with Gasteiger partial charge < -0.3 is 14.7 Å². The quantitative estimate of drug-likeness (QED) is 0.738. The molecule has 1 amide bonds. The Balaban J connectivity index is 2.42. The molecular weight excluding hydrogens is 254 g/mol. The molecule has 0 aliphatic carbocycles. The van der Waals surface area contributed by atoms with Gasteiger partial charge in [0, 0.05) is 6.54 Å². The maximum Gasteiger partial charge on any atom is 0.334 e. The number of carbonyl (C=O) groups excluding carboxylic acids is 1. The van der Waals surface area contributed by atoms with Crippen molar-refractivity contribution in [2.24, 2.45) is 0 Å². The highest BCUT2D eigenvalue weighted by Gasteiger charge is 2.30. The average Bonchev–Trinajstić information content (AvgIpc) is 2.38. The summed E-state index contributed by atoms with van der Waals surface area (Å²) in [7, 11) is 0. The lowest BCUT2D eigenvalue weighted by Gasteiger charge is -2.32. The lowest BCUT2D eigenvalue weighted by atomic mass is 10.2. The lowest BCUT2D eigenvalue weighted by molar-refractivity contribution is -0.159. The molecule has 2 atom stereocenters. The lowest BCUT2D eigenvalue weighted by Crippen LogP contribution is -2.50. The second-order valence-electron chi connectivity index (χ2n) is 4.35. The maximum absolute atomic E-state index is 12.1. The maximum atomic E-state index is 12.1. The molecule has 0 bridgehead atoms. The number of rotatable bonds is 6. The molecule has 1 aliphatic rings. The molecule has 1 fully saturated rings. The van der Waals surface area contributed by atoms with E-state index in [1.165, 1.54) is 0 Å². The van der Waals surface area contributed by atoms with Crippen LogP contribution >= 0.6 is 11.8 Å². The molecule has 2 unspecified atom stereocenters. The van der Waals surface area contributed by atoms with Crippen LogP contribution < -0.4 is 0 Å². The molecule has 0 aromatic rings. The Morgan fingerprint density at radius 3 is 2.89 bits per heavy atom. The molecule has 0 spiro atoms. The van der Waals surface area contributed by atoms with Crippen LogP contribution in [0.3, 0.4) is 0 Å². The average molecular weight is 275 g/mol. The largest absolute Gasteiger partial charge is 0.479 e. The topological polar surface area (TPSA) is 66.8 Å². The van der Waals surface area contributed by atoms with Gasteiger partial charge in [0.2, 0.25) is 5.91 Å². The summed E-state index contributed by atoms with van der Waals surface area (Å²) >= 11 is 1.63. The standard InChI is InChI=1S/C12H21NO4S/c1-3-4-7-18-9(2)11(14)13-5-6-17-10(8-13)12(15)16/h9-10H,3-8H2,1-2H3,(H,15,16). The van der Waals surface area contributed by atoms with Crippen LogP contribution in [-0.2, 0) is 14.3 Å². The number of carboxylic acid groups (broad SMARTS) is 1. The molecule has 1 rings (SSSR count). The molecule has 0 aromatic carbocycles. The molecule has 0 aromatic heterocycles. The van der Waals surface area contributed by atoms with E-state index in [1.54, 1.807) is 16.7 Å². The minimum absolute atomic E-state index is 0.0191. The monoisotopic (exact) mass is 275 g/mol. The molecule has 18 heavy (non-hydrogen) atoms. The van der Waals surface area contributed by atoms with Gasteiger partial charge in [-0.25, -0.2) is 4.79 Å². The first-order chi connectivity index (χ1) is 8.56. The van der Waals surface area contributed by atoms with Gasteiger partial charge in [0.1, 0.15) is 0 Å². The zero-order chi connectivity index (χ0) is 13.5. The number of carbonyl (C=O) groups is 2. The van der Waals surface area contributed by atoms with Crippen LogP contribution in [0, 0.1) is 0 Å². The number of ether oxygens (including phenoxy) is 1. The number of amides is 1. The van der Waals surface area contributed by atoms with Gasteiger partial charge in [0.15, 0.2) is 6.10 Å². The van der Waals surface area contributed by atoms with Crippen LogP contribution in [0.15, 0.2) is 0 Å². The van der Waals surface area contributed by atoms with Crippen molar-refractivity contribution in [2.45, 2.75) is 38.0 Å². The van der Waals surface area contributed by atoms with E-state index in [4.69, 9.17) is 9.84 Å². The smallest absolute Gasteiger partial charge is 0.334 e. The molecule has 104 valence electrons. The third kappa shape index (κ3) is 4.49. The van der Waals surface area contributed by atoms with Gasteiger partial charge in [-0.3, -0.25) is 4.79 Å². The first-order valence-electron chi connectivity index (χ1n) is 6.31. The Morgan fingerprint density at radius 1 is 1.56 bits per heavy atom. The van der Waals surface area contributed by atoms with E-state index < -0.39 is 12.1 Å². The zero-order valence-electron chi connectivity index (χ0n) is 10.9. The fraction of sp³-hybridized carbons (Fsp3) is 0.833. The summed E-state index contributed by atoms with van der Waals surface area (Å²) in [6.45, 7) is 4.95. The Kier molecular flexibility index (Phi) is 6.49. The molecule has 1 saturated heterocycles. The van der Waals surface area contributed by atoms with Gasteiger partial charge in [0.25, 0.3) is 0 Å². The second-order valence-corrected chi connectivity index (χ2v) is 5.80. The normalized spacial score (nSPS) is 21.7. The highest BCUT2D eigenvalue weighted by Crippen LogP contribution is 2.17. The van der Waals surface area contributed by atoms with Crippen LogP contribution in [0.1, 0.15) is 26.7 Å². The van der Waals surface area contributed by atoms with Gasteiger partial charge in [-0.2, -0.15) is 0 Å². The predicted octanol–water partition coefficient (Wildman–Crippen LogP) is 1.22. The fourth-order valence-electron chi connectivity index (χ4n) is 1.73. The van der Waals surface area contributed by atoms with E-state index in [-0.39, 0.29) is 17.7 Å². The van der Waals surface area contributed by atoms with Crippen molar-refractivity contribution < 1.29 is 19.4 Å². The van der Waals surface area contributed by atoms with Gasteiger partial charge in [-0.15, -0.1) is 11.8 Å². The summed E-state index contributed by atoms with van der Waals surface area (Å²) in [5.74, 6) is -0.0136. The Bertz CT molecular complexity index is 298. The molecule has 1 N–H and O–H groups in total. The zero-order valence-corrected chi connectivity index (χ0v) is 11.7. The predicted molar refractivity (Wildman–Crippen MR) is 70.8 cm³/mol. The third-order valence-corrected chi connectivity index (χ3v) is 4.09. The van der Waals surface area contributed by atoms with E-state index >= 15 is 0 Å². The number of aliphatic carboxylic acids is 1. The van der Waals surface area contributed by atoms with Crippen molar-refractivity contribution in [3.05, 3.63) is 0 Å². The Hall–Kier alpha value is -0.750. The summed E-state index contributed by atoms with van der Waals surface area (Å²) in [5.41, 5.74) is 0. The minimum Gasteiger partial charge on any atom is -0.479 e. The van der Waals surface area contributed by atoms with Crippen molar-refractivity contribution in [3.8, 4) is 0 Å². The van der Waals surface area contributed by atoms with Crippen LogP contribution in [0.25, 0.3) is 0 Å². The fourth-order valence-corrected chi connectivity index (χ4v) is 2.83. The van der Waals surface area contributed by atoms with Crippen molar-refractivity contribution in [2.75, 3.05) is 25.4 Å². The van der Waals surface area contributed by atoms with Crippen molar-refractivity contribution in [1.29, 1.82) is 0 Å². The highest BCUT2D eigenvalue weighted by molar-refractivity contribution is 8.00. The SMILES string of the molecule is CCCCSC(C)C(=O)N1CCOC(C(=O)O)C1. The van der Waals surface area contributed by atoms with Gasteiger partial charge in [-0.1, -0.05) is 13.3 Å². The summed E-state index contributed by atoms with van der Waals surface area (Å²) in [4.78, 5) is 24.6. The first kappa shape index (κ1) is 15.3. The Labute approximate surface area is 112 Å². The summed E-state index contributed by atoms with van der Waals surface area (Å²) in [6, 6.07) is 0. The van der Waals surface area contributed by atoms with Crippen molar-refractivity contribution in [1.82, 2.24) is 4.90 Å². The molecular formula is C12H21NO4S. The molecule has 1 heterocycles. The number of thioether (sulfide) groups is 1. The van der Waals surface area contributed by atoms with Crippen LogP contribution in [0.2, 0.25) is 0 Å². The first-order valence-corrected chi connectivity index (χ1v) is 7.36. The molecule has 0 radical (unpaired) electrons. The van der Waals surface area contributed by atoms with E-state index in [0.29, 0.717) is 13.2 Å². The molecule has 6 heteroatoms. The highest BCUT2D eigenvalue weighted by atomic mass is 32.2. The summed E-state index contributed by atoms with van der Waals surface area (Å²) < 4.78 is 5.10. The van der Waals surface area contributed by atoms with Gasteiger partial charge >= 0.3 is 5.97 Å². The minimum atomic E-state index is -1.00. The van der Waals surface area contributed by atoms with E-state index in [9.17, 15) is 9.59 Å². The van der Waals surface area contributed by atoms with Crippen molar-refractivity contribution in [3.63, 3.8) is 0 Å². The third-order valence-electron chi connectivity index (χ3n) is 2.87.